The third-order valence-corrected chi connectivity index (χ3v) is 4.14. The van der Waals surface area contributed by atoms with Crippen molar-refractivity contribution in [3.63, 3.8) is 0 Å². The molecule has 2 rings (SSSR count). The topological polar surface area (TPSA) is 80.3 Å². The number of hydrogen-bond acceptors (Lipinski definition) is 4. The molecular weight excluding hydrogens is 330 g/mol. The van der Waals surface area contributed by atoms with Gasteiger partial charge in [0, 0.05) is 18.2 Å². The zero-order valence-electron chi connectivity index (χ0n) is 14.3. The molecule has 132 valence electrons. The Labute approximate surface area is 147 Å². The van der Waals surface area contributed by atoms with Gasteiger partial charge in [-0.05, 0) is 58.6 Å². The number of hydrogen-bond donors (Lipinski definition) is 2. The van der Waals surface area contributed by atoms with Gasteiger partial charge in [-0.1, -0.05) is 11.6 Å². The third kappa shape index (κ3) is 5.67. The molecule has 6 nitrogen and oxygen atoms in total. The molecule has 1 saturated carbocycles. The predicted octanol–water partition coefficient (Wildman–Crippen LogP) is 3.76. The predicted molar refractivity (Wildman–Crippen MR) is 93.0 cm³/mol. The molecule has 2 N–H and O–H groups in total. The number of alkyl carbamates (subject to hydrolysis) is 1. The van der Waals surface area contributed by atoms with Crippen LogP contribution in [0.5, 0.6) is 0 Å². The van der Waals surface area contributed by atoms with Crippen molar-refractivity contribution in [3.05, 3.63) is 23.5 Å². The summed E-state index contributed by atoms with van der Waals surface area (Å²) in [4.78, 5) is 28.1. The largest absolute Gasteiger partial charge is 0.444 e. The molecule has 0 bridgehead atoms. The smallest absolute Gasteiger partial charge is 0.407 e. The molecule has 2 amide bonds. The van der Waals surface area contributed by atoms with Crippen LogP contribution in [0.3, 0.4) is 0 Å². The van der Waals surface area contributed by atoms with Crippen LogP contribution in [0.25, 0.3) is 0 Å². The van der Waals surface area contributed by atoms with Gasteiger partial charge in [0.2, 0.25) is 5.91 Å². The van der Waals surface area contributed by atoms with Gasteiger partial charge in [0.25, 0.3) is 0 Å². The van der Waals surface area contributed by atoms with E-state index >= 15 is 0 Å². The number of nitrogens with one attached hydrogen (secondary N) is 2. The lowest BCUT2D eigenvalue weighted by atomic mass is 9.85. The molecule has 1 aliphatic rings. The zero-order valence-corrected chi connectivity index (χ0v) is 15.0. The molecule has 1 aromatic heterocycles. The average molecular weight is 354 g/mol. The lowest BCUT2D eigenvalue weighted by Crippen LogP contribution is -2.42. The minimum Gasteiger partial charge on any atom is -0.444 e. The van der Waals surface area contributed by atoms with Crippen LogP contribution in [-0.4, -0.2) is 28.6 Å². The molecule has 24 heavy (non-hydrogen) atoms. The summed E-state index contributed by atoms with van der Waals surface area (Å²) in [6, 6.07) is 3.50. The fourth-order valence-electron chi connectivity index (χ4n) is 2.69. The van der Waals surface area contributed by atoms with Crippen LogP contribution in [0.2, 0.25) is 5.15 Å². The molecule has 0 atom stereocenters. The van der Waals surface area contributed by atoms with E-state index in [0.29, 0.717) is 18.5 Å². The fourth-order valence-corrected chi connectivity index (χ4v) is 2.85. The summed E-state index contributed by atoms with van der Waals surface area (Å²) in [5.41, 5.74) is 0.0163. The second kappa shape index (κ2) is 7.83. The normalized spacial score (nSPS) is 21.0. The fraction of sp³-hybridized carbons (Fsp3) is 0.588. The summed E-state index contributed by atoms with van der Waals surface area (Å²) >= 11 is 5.95. The number of amides is 2. The van der Waals surface area contributed by atoms with Crippen LogP contribution in [0.15, 0.2) is 18.3 Å². The van der Waals surface area contributed by atoms with E-state index in [-0.39, 0.29) is 23.0 Å². The molecule has 0 radical (unpaired) electrons. The number of rotatable bonds is 3. The van der Waals surface area contributed by atoms with E-state index in [0.717, 1.165) is 12.8 Å². The maximum absolute atomic E-state index is 12.3. The number of carbonyl (C=O) groups is 2. The Balaban J connectivity index is 1.79. The van der Waals surface area contributed by atoms with Crippen LogP contribution in [0.1, 0.15) is 46.5 Å². The van der Waals surface area contributed by atoms with E-state index in [9.17, 15) is 9.59 Å². The Morgan fingerprint density at radius 3 is 2.50 bits per heavy atom. The van der Waals surface area contributed by atoms with Gasteiger partial charge >= 0.3 is 6.09 Å². The van der Waals surface area contributed by atoms with Gasteiger partial charge in [0.1, 0.15) is 5.60 Å². The van der Waals surface area contributed by atoms with Crippen LogP contribution in [0.4, 0.5) is 10.5 Å². The number of carbonyl (C=O) groups excluding carboxylic acids is 2. The molecule has 0 aromatic carbocycles. The van der Waals surface area contributed by atoms with E-state index < -0.39 is 11.7 Å². The molecule has 0 saturated heterocycles. The molecule has 1 fully saturated rings. The van der Waals surface area contributed by atoms with E-state index in [1.165, 1.54) is 0 Å². The number of halogens is 1. The minimum absolute atomic E-state index is 0.0471. The number of pyridine rings is 1. The van der Waals surface area contributed by atoms with Gasteiger partial charge in [0.05, 0.1) is 5.69 Å². The lowest BCUT2D eigenvalue weighted by Gasteiger charge is -2.29. The van der Waals surface area contributed by atoms with Gasteiger partial charge in [-0.2, -0.15) is 0 Å². The molecule has 1 aliphatic carbocycles. The van der Waals surface area contributed by atoms with Gasteiger partial charge < -0.3 is 15.4 Å². The first-order chi connectivity index (χ1) is 11.2. The molecular formula is C17H24ClN3O3. The third-order valence-electron chi connectivity index (χ3n) is 3.84. The highest BCUT2D eigenvalue weighted by atomic mass is 35.5. The van der Waals surface area contributed by atoms with Crippen LogP contribution < -0.4 is 10.6 Å². The second-order valence-corrected chi connectivity index (χ2v) is 7.38. The van der Waals surface area contributed by atoms with Crippen LogP contribution >= 0.6 is 11.6 Å². The van der Waals surface area contributed by atoms with Crippen LogP contribution in [-0.2, 0) is 9.53 Å². The van der Waals surface area contributed by atoms with Crippen molar-refractivity contribution in [2.24, 2.45) is 5.92 Å². The summed E-state index contributed by atoms with van der Waals surface area (Å²) in [6.07, 6.45) is 4.09. The van der Waals surface area contributed by atoms with E-state index in [2.05, 4.69) is 15.6 Å². The molecule has 1 aromatic rings. The zero-order chi connectivity index (χ0) is 17.7. The van der Waals surface area contributed by atoms with Crippen LogP contribution in [0, 0.1) is 5.92 Å². The maximum atomic E-state index is 12.3. The van der Waals surface area contributed by atoms with Crippen molar-refractivity contribution in [1.82, 2.24) is 10.3 Å². The van der Waals surface area contributed by atoms with Gasteiger partial charge in [-0.3, -0.25) is 4.79 Å². The van der Waals surface area contributed by atoms with Gasteiger partial charge in [-0.15, -0.1) is 0 Å². The van der Waals surface area contributed by atoms with Crippen molar-refractivity contribution < 1.29 is 14.3 Å². The number of nitrogens with zero attached hydrogens (tertiary/aromatic N) is 1. The standard InChI is InChI=1S/C17H24ClN3O3/c1-17(2,3)24-16(23)20-12-8-6-11(7-9-12)15(22)21-13-5-4-10-19-14(13)18/h4-5,10-12H,6-9H2,1-3H3,(H,20,23)(H,21,22). The van der Waals surface area contributed by atoms with Crippen molar-refractivity contribution in [2.45, 2.75) is 58.1 Å². The SMILES string of the molecule is CC(C)(C)OC(=O)NC1CCC(C(=O)Nc2cccnc2Cl)CC1. The quantitative estimate of drug-likeness (QED) is 0.811. The van der Waals surface area contributed by atoms with Crippen molar-refractivity contribution in [1.29, 1.82) is 0 Å². The Bertz CT molecular complexity index is 593. The molecule has 0 spiro atoms. The maximum Gasteiger partial charge on any atom is 0.407 e. The summed E-state index contributed by atoms with van der Waals surface area (Å²) in [5, 5.41) is 5.97. The lowest BCUT2D eigenvalue weighted by molar-refractivity contribution is -0.120. The summed E-state index contributed by atoms with van der Waals surface area (Å²) in [6.45, 7) is 5.49. The summed E-state index contributed by atoms with van der Waals surface area (Å²) in [7, 11) is 0. The van der Waals surface area contributed by atoms with Gasteiger partial charge in [-0.25, -0.2) is 9.78 Å². The molecule has 0 unspecified atom stereocenters. The highest BCUT2D eigenvalue weighted by Gasteiger charge is 2.28. The minimum atomic E-state index is -0.510. The van der Waals surface area contributed by atoms with Crippen molar-refractivity contribution in [2.75, 3.05) is 5.32 Å². The monoisotopic (exact) mass is 353 g/mol. The van der Waals surface area contributed by atoms with Crippen molar-refractivity contribution >= 4 is 29.3 Å². The number of anilines is 1. The average Bonchev–Trinajstić information content (AvgIpc) is 2.48. The number of ether oxygens (including phenoxy) is 1. The number of aromatic nitrogens is 1. The molecule has 1 heterocycles. The molecule has 0 aliphatic heterocycles. The first-order valence-corrected chi connectivity index (χ1v) is 8.53. The first kappa shape index (κ1) is 18.5. The van der Waals surface area contributed by atoms with Gasteiger partial charge in [0.15, 0.2) is 5.15 Å². The Morgan fingerprint density at radius 1 is 1.25 bits per heavy atom. The van der Waals surface area contributed by atoms with E-state index in [1.54, 1.807) is 18.3 Å². The summed E-state index contributed by atoms with van der Waals surface area (Å²) < 4.78 is 5.26. The Morgan fingerprint density at radius 2 is 1.92 bits per heavy atom. The summed E-state index contributed by atoms with van der Waals surface area (Å²) in [5.74, 6) is -0.140. The highest BCUT2D eigenvalue weighted by Crippen LogP contribution is 2.27. The first-order valence-electron chi connectivity index (χ1n) is 8.15. The Hall–Kier alpha value is -1.82. The second-order valence-electron chi connectivity index (χ2n) is 7.03. The van der Waals surface area contributed by atoms with E-state index in [1.807, 2.05) is 20.8 Å². The highest BCUT2D eigenvalue weighted by molar-refractivity contribution is 6.32. The van der Waals surface area contributed by atoms with Crippen molar-refractivity contribution in [3.8, 4) is 0 Å². The van der Waals surface area contributed by atoms with E-state index in [4.69, 9.17) is 16.3 Å². The molecule has 7 heteroatoms. The Kier molecular flexibility index (Phi) is 6.04.